The normalized spacial score (nSPS) is 14.9. The van der Waals surface area contributed by atoms with E-state index in [1.54, 1.807) is 24.3 Å². The lowest BCUT2D eigenvalue weighted by atomic mass is 10.1. The Hall–Kier alpha value is -2.94. The van der Waals surface area contributed by atoms with Crippen LogP contribution in [0, 0.1) is 0 Å². The lowest BCUT2D eigenvalue weighted by Crippen LogP contribution is -2.49. The first-order valence-electron chi connectivity index (χ1n) is 8.90. The molecule has 9 heteroatoms. The van der Waals surface area contributed by atoms with E-state index < -0.39 is 6.43 Å². The van der Waals surface area contributed by atoms with E-state index >= 15 is 0 Å². The number of benzene rings is 1. The summed E-state index contributed by atoms with van der Waals surface area (Å²) in [5, 5.41) is 2.80. The topological polar surface area (TPSA) is 78.4 Å². The molecule has 1 fully saturated rings. The molecular formula is C19H21F2N5O2. The molecule has 1 saturated heterocycles. The first-order valence-corrected chi connectivity index (χ1v) is 8.90. The number of hydrogen-bond acceptors (Lipinski definition) is 6. The van der Waals surface area contributed by atoms with Gasteiger partial charge in [-0.2, -0.15) is 0 Å². The molecule has 1 N–H and O–H groups in total. The van der Waals surface area contributed by atoms with Crippen molar-refractivity contribution in [2.45, 2.75) is 13.3 Å². The van der Waals surface area contributed by atoms with Crippen LogP contribution in [0.25, 0.3) is 0 Å². The van der Waals surface area contributed by atoms with Crippen LogP contribution in [0.5, 0.6) is 0 Å². The van der Waals surface area contributed by atoms with Crippen LogP contribution < -0.4 is 10.2 Å². The molecule has 0 unspecified atom stereocenters. The molecule has 0 bridgehead atoms. The summed E-state index contributed by atoms with van der Waals surface area (Å²) in [4.78, 5) is 35.2. The number of ketones is 1. The second kappa shape index (κ2) is 8.83. The number of rotatable bonds is 6. The van der Waals surface area contributed by atoms with Crippen molar-refractivity contribution in [2.24, 2.45) is 0 Å². The van der Waals surface area contributed by atoms with Crippen molar-refractivity contribution in [1.82, 2.24) is 14.9 Å². The molecule has 1 aromatic carbocycles. The van der Waals surface area contributed by atoms with Crippen molar-refractivity contribution >= 4 is 23.2 Å². The molecule has 3 rings (SSSR count). The van der Waals surface area contributed by atoms with E-state index in [0.717, 1.165) is 6.33 Å². The highest BCUT2D eigenvalue weighted by molar-refractivity contribution is 5.97. The fourth-order valence-corrected chi connectivity index (χ4v) is 3.01. The lowest BCUT2D eigenvalue weighted by molar-refractivity contribution is -0.117. The maximum absolute atomic E-state index is 12.8. The zero-order valence-corrected chi connectivity index (χ0v) is 15.4. The lowest BCUT2D eigenvalue weighted by Gasteiger charge is -2.35. The predicted octanol–water partition coefficient (Wildman–Crippen LogP) is 2.38. The Morgan fingerprint density at radius 1 is 1.14 bits per heavy atom. The summed E-state index contributed by atoms with van der Waals surface area (Å²) in [7, 11) is 0. The molecule has 1 aliphatic rings. The zero-order chi connectivity index (χ0) is 20.1. The molecule has 0 spiro atoms. The molecular weight excluding hydrogens is 368 g/mol. The van der Waals surface area contributed by atoms with Gasteiger partial charge in [0.05, 0.1) is 6.54 Å². The average molecular weight is 389 g/mol. The van der Waals surface area contributed by atoms with Crippen LogP contribution in [0.2, 0.25) is 0 Å². The molecule has 2 heterocycles. The third kappa shape index (κ3) is 5.07. The minimum atomic E-state index is -2.63. The Morgan fingerprint density at radius 3 is 2.57 bits per heavy atom. The molecule has 0 saturated carbocycles. The van der Waals surface area contributed by atoms with Gasteiger partial charge in [0.2, 0.25) is 5.91 Å². The van der Waals surface area contributed by atoms with Crippen molar-refractivity contribution in [3.63, 3.8) is 0 Å². The average Bonchev–Trinajstić information content (AvgIpc) is 2.68. The number of alkyl halides is 2. The molecule has 0 atom stereocenters. The van der Waals surface area contributed by atoms with Crippen LogP contribution in [0.1, 0.15) is 29.4 Å². The van der Waals surface area contributed by atoms with Gasteiger partial charge in [0, 0.05) is 43.5 Å². The summed E-state index contributed by atoms with van der Waals surface area (Å²) in [6.07, 6.45) is -1.49. The molecule has 28 heavy (non-hydrogen) atoms. The Morgan fingerprint density at radius 2 is 1.89 bits per heavy atom. The summed E-state index contributed by atoms with van der Waals surface area (Å²) in [6.45, 7) is 4.05. The van der Waals surface area contributed by atoms with Crippen LogP contribution in [-0.2, 0) is 4.79 Å². The highest BCUT2D eigenvalue weighted by Crippen LogP contribution is 2.20. The van der Waals surface area contributed by atoms with E-state index in [-0.39, 0.29) is 23.9 Å². The first-order chi connectivity index (χ1) is 13.4. The third-order valence-corrected chi connectivity index (χ3v) is 4.51. The van der Waals surface area contributed by atoms with Crippen molar-refractivity contribution in [3.05, 3.63) is 47.9 Å². The van der Waals surface area contributed by atoms with Gasteiger partial charge in [-0.25, -0.2) is 18.7 Å². The molecule has 148 valence electrons. The van der Waals surface area contributed by atoms with E-state index in [1.807, 2.05) is 9.80 Å². The highest BCUT2D eigenvalue weighted by atomic mass is 19.3. The fourth-order valence-electron chi connectivity index (χ4n) is 3.01. The molecule has 1 amide bonds. The number of halogens is 2. The number of nitrogens with zero attached hydrogens (tertiary/aromatic N) is 4. The van der Waals surface area contributed by atoms with Gasteiger partial charge in [0.1, 0.15) is 17.8 Å². The van der Waals surface area contributed by atoms with Crippen molar-refractivity contribution < 1.29 is 18.4 Å². The number of carbonyl (C=O) groups excluding carboxylic acids is 2. The highest BCUT2D eigenvalue weighted by Gasteiger charge is 2.21. The van der Waals surface area contributed by atoms with Gasteiger partial charge in [-0.3, -0.25) is 14.5 Å². The van der Waals surface area contributed by atoms with Gasteiger partial charge >= 0.3 is 0 Å². The Bertz CT molecular complexity index is 854. The third-order valence-electron chi connectivity index (χ3n) is 4.51. The maximum Gasteiger partial charge on any atom is 0.280 e. The predicted molar refractivity (Wildman–Crippen MR) is 101 cm³/mol. The van der Waals surface area contributed by atoms with Crippen LogP contribution in [0.15, 0.2) is 36.7 Å². The number of carbonyl (C=O) groups is 2. The summed E-state index contributed by atoms with van der Waals surface area (Å²) in [5.41, 5.74) is 0.830. The zero-order valence-electron chi connectivity index (χ0n) is 15.4. The van der Waals surface area contributed by atoms with Gasteiger partial charge in [-0.1, -0.05) is 12.1 Å². The van der Waals surface area contributed by atoms with Gasteiger partial charge in [-0.15, -0.1) is 0 Å². The quantitative estimate of drug-likeness (QED) is 0.765. The number of hydrogen-bond donors (Lipinski definition) is 1. The van der Waals surface area contributed by atoms with E-state index in [0.29, 0.717) is 43.2 Å². The second-order valence-electron chi connectivity index (χ2n) is 6.55. The first kappa shape index (κ1) is 19.8. The number of Topliss-reactive ketones (excluding diaryl/α,β-unsaturated/α-hetero) is 1. The Kier molecular flexibility index (Phi) is 6.25. The summed E-state index contributed by atoms with van der Waals surface area (Å²) < 4.78 is 25.6. The number of nitrogens with one attached hydrogen (secondary N) is 1. The Balaban J connectivity index is 1.51. The summed E-state index contributed by atoms with van der Waals surface area (Å²) in [5.74, 6) is 0.235. The summed E-state index contributed by atoms with van der Waals surface area (Å²) >= 11 is 0. The van der Waals surface area contributed by atoms with Crippen molar-refractivity contribution in [2.75, 3.05) is 42.9 Å². The SMILES string of the molecule is CC(=O)c1cccc(NC(=O)CN2CCN(c3cc(C(F)F)ncn3)CC2)c1. The van der Waals surface area contributed by atoms with E-state index in [2.05, 4.69) is 15.3 Å². The maximum atomic E-state index is 12.8. The number of piperazine rings is 1. The smallest absolute Gasteiger partial charge is 0.280 e. The largest absolute Gasteiger partial charge is 0.354 e. The molecule has 7 nitrogen and oxygen atoms in total. The molecule has 1 aliphatic heterocycles. The molecule has 1 aromatic heterocycles. The monoisotopic (exact) mass is 389 g/mol. The fraction of sp³-hybridized carbons (Fsp3) is 0.368. The van der Waals surface area contributed by atoms with Crippen LogP contribution >= 0.6 is 0 Å². The van der Waals surface area contributed by atoms with Crippen LogP contribution in [-0.4, -0.2) is 59.3 Å². The van der Waals surface area contributed by atoms with E-state index in [1.165, 1.54) is 13.0 Å². The second-order valence-corrected chi connectivity index (χ2v) is 6.55. The standard InChI is InChI=1S/C19H21F2N5O2/c1-13(27)14-3-2-4-15(9-14)24-18(28)11-25-5-7-26(8-6-25)17-10-16(19(20)21)22-12-23-17/h2-4,9-10,12,19H,5-8,11H2,1H3,(H,24,28). The van der Waals surface area contributed by atoms with Gasteiger partial charge in [0.25, 0.3) is 6.43 Å². The van der Waals surface area contributed by atoms with Gasteiger partial charge < -0.3 is 10.2 Å². The Labute approximate surface area is 161 Å². The number of amides is 1. The number of aromatic nitrogens is 2. The minimum absolute atomic E-state index is 0.0630. The number of anilines is 2. The minimum Gasteiger partial charge on any atom is -0.354 e. The van der Waals surface area contributed by atoms with Crippen LogP contribution in [0.3, 0.4) is 0 Å². The molecule has 0 aliphatic carbocycles. The van der Waals surface area contributed by atoms with Crippen molar-refractivity contribution in [1.29, 1.82) is 0 Å². The summed E-state index contributed by atoms with van der Waals surface area (Å²) in [6, 6.07) is 8.10. The van der Waals surface area contributed by atoms with Gasteiger partial charge in [-0.05, 0) is 19.1 Å². The van der Waals surface area contributed by atoms with Crippen molar-refractivity contribution in [3.8, 4) is 0 Å². The van der Waals surface area contributed by atoms with E-state index in [4.69, 9.17) is 0 Å². The molecule has 0 radical (unpaired) electrons. The van der Waals surface area contributed by atoms with E-state index in [9.17, 15) is 18.4 Å². The van der Waals surface area contributed by atoms with Gasteiger partial charge in [0.15, 0.2) is 5.78 Å². The van der Waals surface area contributed by atoms with Crippen LogP contribution in [0.4, 0.5) is 20.3 Å². The molecule has 2 aromatic rings.